The Kier molecular flexibility index (Phi) is 4.65. The van der Waals surface area contributed by atoms with Gasteiger partial charge in [0.25, 0.3) is 5.91 Å². The van der Waals surface area contributed by atoms with E-state index < -0.39 is 15.6 Å². The largest absolute Gasteiger partial charge is 0.355 e. The number of hydrogen-bond acceptors (Lipinski definition) is 4. The molecule has 0 aromatic heterocycles. The zero-order valence-electron chi connectivity index (χ0n) is 12.1. The van der Waals surface area contributed by atoms with Gasteiger partial charge in [0.05, 0.1) is 4.90 Å². The summed E-state index contributed by atoms with van der Waals surface area (Å²) in [6.45, 7) is 0.294. The van der Waals surface area contributed by atoms with Crippen LogP contribution in [0.5, 0.6) is 0 Å². The molecule has 1 saturated carbocycles. The highest BCUT2D eigenvalue weighted by atomic mass is 32.2. The van der Waals surface area contributed by atoms with Crippen molar-refractivity contribution < 1.29 is 13.2 Å². The number of carbonyl (C=O) groups excluding carboxylic acids is 1. The molecule has 0 spiro atoms. The molecular weight excluding hydrogens is 290 g/mol. The number of sulfonamides is 1. The van der Waals surface area contributed by atoms with E-state index in [2.05, 4.69) is 10.0 Å². The van der Waals surface area contributed by atoms with E-state index in [4.69, 9.17) is 5.73 Å². The molecule has 0 heterocycles. The molecule has 7 heteroatoms. The Morgan fingerprint density at radius 2 is 1.81 bits per heavy atom. The molecule has 4 N–H and O–H groups in total. The van der Waals surface area contributed by atoms with Crippen LogP contribution in [0.2, 0.25) is 0 Å². The van der Waals surface area contributed by atoms with Gasteiger partial charge in [-0.15, -0.1) is 0 Å². The van der Waals surface area contributed by atoms with Gasteiger partial charge in [-0.05, 0) is 37.1 Å². The lowest BCUT2D eigenvalue weighted by molar-refractivity contribution is 0.0963. The third kappa shape index (κ3) is 3.42. The average Bonchev–Trinajstić information content (AvgIpc) is 2.95. The smallest absolute Gasteiger partial charge is 0.251 e. The molecule has 0 atom stereocenters. The number of benzene rings is 1. The van der Waals surface area contributed by atoms with Crippen molar-refractivity contribution in [3.63, 3.8) is 0 Å². The second kappa shape index (κ2) is 6.13. The van der Waals surface area contributed by atoms with Crippen LogP contribution in [0.25, 0.3) is 0 Å². The van der Waals surface area contributed by atoms with Crippen LogP contribution in [0.4, 0.5) is 0 Å². The Morgan fingerprint density at radius 3 is 2.29 bits per heavy atom. The maximum Gasteiger partial charge on any atom is 0.251 e. The molecule has 2 rings (SSSR count). The highest BCUT2D eigenvalue weighted by Gasteiger charge is 2.36. The summed E-state index contributed by atoms with van der Waals surface area (Å²) in [5, 5.41) is 2.49. The van der Waals surface area contributed by atoms with Crippen LogP contribution in [-0.4, -0.2) is 33.5 Å². The van der Waals surface area contributed by atoms with E-state index in [1.54, 1.807) is 0 Å². The molecule has 1 aromatic carbocycles. The van der Waals surface area contributed by atoms with Crippen molar-refractivity contribution in [3.05, 3.63) is 29.8 Å². The van der Waals surface area contributed by atoms with Crippen molar-refractivity contribution in [1.82, 2.24) is 10.0 Å². The van der Waals surface area contributed by atoms with Gasteiger partial charge in [0.1, 0.15) is 0 Å². The highest BCUT2D eigenvalue weighted by Crippen LogP contribution is 2.30. The summed E-state index contributed by atoms with van der Waals surface area (Å²) < 4.78 is 27.6. The number of carbonyl (C=O) groups is 1. The van der Waals surface area contributed by atoms with Gasteiger partial charge in [0.15, 0.2) is 0 Å². The lowest BCUT2D eigenvalue weighted by Gasteiger charge is -2.28. The number of amides is 1. The van der Waals surface area contributed by atoms with E-state index in [9.17, 15) is 13.2 Å². The van der Waals surface area contributed by atoms with Gasteiger partial charge in [0, 0.05) is 24.7 Å². The van der Waals surface area contributed by atoms with Crippen LogP contribution in [-0.2, 0) is 10.0 Å². The summed E-state index contributed by atoms with van der Waals surface area (Å²) in [4.78, 5) is 11.6. The fourth-order valence-corrected chi connectivity index (χ4v) is 4.14. The van der Waals surface area contributed by atoms with Gasteiger partial charge in [-0.2, -0.15) is 0 Å². The zero-order valence-corrected chi connectivity index (χ0v) is 12.9. The van der Waals surface area contributed by atoms with Gasteiger partial charge in [-0.3, -0.25) is 4.79 Å². The minimum Gasteiger partial charge on any atom is -0.355 e. The van der Waals surface area contributed by atoms with Crippen LogP contribution in [0.15, 0.2) is 29.2 Å². The molecule has 1 amide bonds. The minimum atomic E-state index is -3.63. The van der Waals surface area contributed by atoms with E-state index in [0.717, 1.165) is 25.7 Å². The number of rotatable bonds is 5. The number of nitrogens with two attached hydrogens (primary N) is 1. The van der Waals surface area contributed by atoms with Crippen molar-refractivity contribution >= 4 is 15.9 Å². The number of hydrogen-bond donors (Lipinski definition) is 3. The van der Waals surface area contributed by atoms with Gasteiger partial charge >= 0.3 is 0 Å². The van der Waals surface area contributed by atoms with Crippen molar-refractivity contribution in [2.24, 2.45) is 5.73 Å². The van der Waals surface area contributed by atoms with E-state index >= 15 is 0 Å². The molecule has 0 bridgehead atoms. The summed E-state index contributed by atoms with van der Waals surface area (Å²) in [6.07, 6.45) is 3.49. The molecule has 0 unspecified atom stereocenters. The first kappa shape index (κ1) is 15.9. The van der Waals surface area contributed by atoms with Crippen LogP contribution >= 0.6 is 0 Å². The fraction of sp³-hybridized carbons (Fsp3) is 0.500. The Balaban J connectivity index is 2.21. The average molecular weight is 311 g/mol. The summed E-state index contributed by atoms with van der Waals surface area (Å²) in [5.41, 5.74) is 5.65. The first-order chi connectivity index (χ1) is 9.92. The topological polar surface area (TPSA) is 101 Å². The second-order valence-electron chi connectivity index (χ2n) is 5.40. The fourth-order valence-electron chi connectivity index (χ4n) is 2.67. The van der Waals surface area contributed by atoms with Gasteiger partial charge in [0.2, 0.25) is 10.0 Å². The lowest BCUT2D eigenvalue weighted by atomic mass is 10.0. The van der Waals surface area contributed by atoms with Crippen LogP contribution in [0, 0.1) is 0 Å². The Hall–Kier alpha value is -1.44. The maximum atomic E-state index is 12.4. The maximum absolute atomic E-state index is 12.4. The molecule has 1 fully saturated rings. The van der Waals surface area contributed by atoms with E-state index in [1.807, 2.05) is 0 Å². The third-order valence-electron chi connectivity index (χ3n) is 3.96. The Bertz CT molecular complexity index is 605. The highest BCUT2D eigenvalue weighted by molar-refractivity contribution is 7.89. The van der Waals surface area contributed by atoms with E-state index in [0.29, 0.717) is 12.1 Å². The molecule has 6 nitrogen and oxygen atoms in total. The molecule has 0 saturated heterocycles. The van der Waals surface area contributed by atoms with Gasteiger partial charge in [-0.1, -0.05) is 12.8 Å². The first-order valence-electron chi connectivity index (χ1n) is 6.99. The van der Waals surface area contributed by atoms with Crippen molar-refractivity contribution in [2.75, 3.05) is 13.6 Å². The molecule has 1 aliphatic carbocycles. The van der Waals surface area contributed by atoms with Crippen molar-refractivity contribution in [2.45, 2.75) is 36.1 Å². The van der Waals surface area contributed by atoms with Crippen LogP contribution in [0.3, 0.4) is 0 Å². The molecule has 0 radical (unpaired) electrons. The van der Waals surface area contributed by atoms with Gasteiger partial charge < -0.3 is 11.1 Å². The second-order valence-corrected chi connectivity index (χ2v) is 7.08. The predicted molar refractivity (Wildman–Crippen MR) is 80.4 cm³/mol. The zero-order chi connectivity index (χ0) is 15.5. The quantitative estimate of drug-likeness (QED) is 0.741. The molecule has 21 heavy (non-hydrogen) atoms. The molecule has 0 aliphatic heterocycles. The first-order valence-corrected chi connectivity index (χ1v) is 8.47. The molecule has 1 aliphatic rings. The summed E-state index contributed by atoms with van der Waals surface area (Å²) in [7, 11) is -2.10. The monoisotopic (exact) mass is 311 g/mol. The minimum absolute atomic E-state index is 0.148. The van der Waals surface area contributed by atoms with Gasteiger partial charge in [-0.25, -0.2) is 13.1 Å². The van der Waals surface area contributed by atoms with Crippen molar-refractivity contribution in [3.8, 4) is 0 Å². The molecule has 116 valence electrons. The standard InChI is InChI=1S/C14H21N3O3S/c1-16-13(18)11-4-6-12(7-5-11)21(19,20)17-14(10-15)8-2-3-9-14/h4-7,17H,2-3,8-10,15H2,1H3,(H,16,18). The van der Waals surface area contributed by atoms with E-state index in [1.165, 1.54) is 31.3 Å². The molecular formula is C14H21N3O3S. The SMILES string of the molecule is CNC(=O)c1ccc(S(=O)(=O)NC2(CN)CCCC2)cc1. The van der Waals surface area contributed by atoms with Crippen molar-refractivity contribution in [1.29, 1.82) is 0 Å². The summed E-state index contributed by atoms with van der Waals surface area (Å²) >= 11 is 0. The Labute approximate surface area is 125 Å². The van der Waals surface area contributed by atoms with Crippen LogP contribution < -0.4 is 15.8 Å². The van der Waals surface area contributed by atoms with E-state index in [-0.39, 0.29) is 10.8 Å². The number of nitrogens with one attached hydrogen (secondary N) is 2. The lowest BCUT2D eigenvalue weighted by Crippen LogP contribution is -2.51. The summed E-state index contributed by atoms with van der Waals surface area (Å²) in [5.74, 6) is -0.249. The predicted octanol–water partition coefficient (Wildman–Crippen LogP) is 0.596. The normalized spacial score (nSPS) is 17.6. The summed E-state index contributed by atoms with van der Waals surface area (Å²) in [6, 6.07) is 5.87. The molecule has 1 aromatic rings. The van der Waals surface area contributed by atoms with Crippen LogP contribution in [0.1, 0.15) is 36.0 Å². The Morgan fingerprint density at radius 1 is 1.24 bits per heavy atom. The third-order valence-corrected chi connectivity index (χ3v) is 5.55.